The Morgan fingerprint density at radius 2 is 1.66 bits per heavy atom. The predicted octanol–water partition coefficient (Wildman–Crippen LogP) is 4.61. The van der Waals surface area contributed by atoms with Gasteiger partial charge >= 0.3 is 0 Å². The maximum absolute atomic E-state index is 13.8. The number of rotatable bonds is 4. The lowest BCUT2D eigenvalue weighted by Gasteiger charge is -2.56. The molecule has 1 heterocycles. The lowest BCUT2D eigenvalue weighted by molar-refractivity contribution is -0.161. The molecule has 0 N–H and O–H groups in total. The fourth-order valence-corrected chi connectivity index (χ4v) is 7.40. The van der Waals surface area contributed by atoms with Gasteiger partial charge in [-0.05, 0) is 86.8 Å². The van der Waals surface area contributed by atoms with Gasteiger partial charge in [0.05, 0.1) is 5.41 Å². The molecule has 4 saturated carbocycles. The summed E-state index contributed by atoms with van der Waals surface area (Å²) in [5.41, 5.74) is 0.961. The van der Waals surface area contributed by atoms with Crippen molar-refractivity contribution in [3.63, 3.8) is 0 Å². The summed E-state index contributed by atoms with van der Waals surface area (Å²) in [5, 5.41) is 0. The van der Waals surface area contributed by atoms with Crippen molar-refractivity contribution in [2.24, 2.45) is 23.2 Å². The Balaban J connectivity index is 1.30. The highest BCUT2D eigenvalue weighted by molar-refractivity contribution is 9.10. The van der Waals surface area contributed by atoms with Crippen LogP contribution in [-0.2, 0) is 16.1 Å². The molecule has 4 bridgehead atoms. The summed E-state index contributed by atoms with van der Waals surface area (Å²) in [7, 11) is 1.87. The first-order valence-corrected chi connectivity index (χ1v) is 12.0. The third kappa shape index (κ3) is 3.54. The summed E-state index contributed by atoms with van der Waals surface area (Å²) < 4.78 is 1.04. The van der Waals surface area contributed by atoms with Crippen LogP contribution in [0.3, 0.4) is 0 Å². The van der Waals surface area contributed by atoms with Crippen LogP contribution in [0, 0.1) is 23.2 Å². The average Bonchev–Trinajstić information content (AvgIpc) is 3.17. The van der Waals surface area contributed by atoms with Crippen LogP contribution in [0.1, 0.15) is 56.9 Å². The van der Waals surface area contributed by atoms with Gasteiger partial charge in [-0.25, -0.2) is 0 Å². The molecule has 29 heavy (non-hydrogen) atoms. The molecular formula is C24H31BrN2O2. The van der Waals surface area contributed by atoms with E-state index in [0.29, 0.717) is 12.5 Å². The second kappa shape index (κ2) is 7.40. The highest BCUT2D eigenvalue weighted by Crippen LogP contribution is 2.60. The molecule has 4 nitrogen and oxygen atoms in total. The Kier molecular flexibility index (Phi) is 5.00. The van der Waals surface area contributed by atoms with E-state index in [0.717, 1.165) is 66.4 Å². The molecule has 1 saturated heterocycles. The highest BCUT2D eigenvalue weighted by atomic mass is 79.9. The van der Waals surface area contributed by atoms with Crippen LogP contribution in [0.5, 0.6) is 0 Å². The van der Waals surface area contributed by atoms with Crippen LogP contribution in [0.2, 0.25) is 0 Å². The van der Waals surface area contributed by atoms with E-state index in [1.807, 2.05) is 36.2 Å². The van der Waals surface area contributed by atoms with E-state index in [1.54, 1.807) is 4.90 Å². The number of likely N-dealkylation sites (N-methyl/N-ethyl adjacent to an activating group) is 1. The molecular weight excluding hydrogens is 428 g/mol. The van der Waals surface area contributed by atoms with E-state index in [4.69, 9.17) is 0 Å². The summed E-state index contributed by atoms with van der Waals surface area (Å²) in [6.45, 7) is 1.34. The monoisotopic (exact) mass is 458 g/mol. The number of hydrogen-bond donors (Lipinski definition) is 0. The van der Waals surface area contributed by atoms with Gasteiger partial charge in [0.2, 0.25) is 11.8 Å². The van der Waals surface area contributed by atoms with Crippen LogP contribution < -0.4 is 0 Å². The number of halogens is 1. The minimum Gasteiger partial charge on any atom is -0.340 e. The number of carbonyl (C=O) groups is 2. The summed E-state index contributed by atoms with van der Waals surface area (Å²) in [6.07, 6.45) is 8.99. The molecule has 5 fully saturated rings. The molecule has 4 aliphatic carbocycles. The minimum atomic E-state index is -0.268. The molecule has 156 valence electrons. The van der Waals surface area contributed by atoms with Crippen molar-refractivity contribution in [1.29, 1.82) is 0 Å². The first-order chi connectivity index (χ1) is 13.9. The summed E-state index contributed by atoms with van der Waals surface area (Å²) in [4.78, 5) is 30.8. The van der Waals surface area contributed by atoms with Gasteiger partial charge in [-0.15, -0.1) is 0 Å². The first-order valence-electron chi connectivity index (χ1n) is 11.2. The molecule has 1 atom stereocenters. The molecule has 1 aromatic carbocycles. The molecule has 6 rings (SSSR count). The van der Waals surface area contributed by atoms with E-state index < -0.39 is 0 Å². The molecule has 1 aliphatic heterocycles. The number of hydrogen-bond acceptors (Lipinski definition) is 2. The lowest BCUT2D eigenvalue weighted by Crippen LogP contribution is -2.57. The third-order valence-electron chi connectivity index (χ3n) is 8.00. The Labute approximate surface area is 182 Å². The van der Waals surface area contributed by atoms with Gasteiger partial charge in [-0.2, -0.15) is 0 Å². The zero-order chi connectivity index (χ0) is 20.2. The van der Waals surface area contributed by atoms with Crippen LogP contribution >= 0.6 is 15.9 Å². The summed E-state index contributed by atoms with van der Waals surface area (Å²) in [6, 6.07) is 7.83. The standard InChI is InChI=1S/C24H31BrN2O2/c1-26(15-16-4-6-20(25)7-5-16)22(28)21-3-2-8-27(21)23(29)24-12-17-9-18(13-24)11-19(10-17)14-24/h4-7,17-19,21H,2-3,8-15H2,1H3. The normalized spacial score (nSPS) is 35.2. The molecule has 5 heteroatoms. The number of amides is 2. The van der Waals surface area contributed by atoms with Gasteiger partial charge in [0.15, 0.2) is 0 Å². The van der Waals surface area contributed by atoms with Crippen LogP contribution in [0.15, 0.2) is 28.7 Å². The van der Waals surface area contributed by atoms with Crippen molar-refractivity contribution in [2.45, 2.75) is 64.0 Å². The molecule has 1 unspecified atom stereocenters. The second-order valence-corrected chi connectivity index (χ2v) is 11.1. The number of likely N-dealkylation sites (tertiary alicyclic amines) is 1. The maximum Gasteiger partial charge on any atom is 0.245 e. The van der Waals surface area contributed by atoms with Crippen molar-refractivity contribution < 1.29 is 9.59 Å². The molecule has 0 spiro atoms. The molecule has 5 aliphatic rings. The lowest BCUT2D eigenvalue weighted by atomic mass is 9.49. The van der Waals surface area contributed by atoms with Gasteiger partial charge in [0.25, 0.3) is 0 Å². The highest BCUT2D eigenvalue weighted by Gasteiger charge is 2.56. The van der Waals surface area contributed by atoms with E-state index in [-0.39, 0.29) is 17.4 Å². The van der Waals surface area contributed by atoms with Crippen LogP contribution in [0.25, 0.3) is 0 Å². The topological polar surface area (TPSA) is 40.6 Å². The second-order valence-electron chi connectivity index (χ2n) is 10.2. The van der Waals surface area contributed by atoms with Crippen molar-refractivity contribution >= 4 is 27.7 Å². The SMILES string of the molecule is CN(Cc1ccc(Br)cc1)C(=O)C1CCCN1C(=O)C12CC3CC(CC(C3)C1)C2. The van der Waals surface area contributed by atoms with Crippen molar-refractivity contribution in [3.05, 3.63) is 34.3 Å². The smallest absolute Gasteiger partial charge is 0.245 e. The summed E-state index contributed by atoms with van der Waals surface area (Å²) in [5.74, 6) is 2.67. The first kappa shape index (κ1) is 19.6. The molecule has 1 aromatic rings. The zero-order valence-corrected chi connectivity index (χ0v) is 18.9. The molecule has 2 amide bonds. The van der Waals surface area contributed by atoms with Gasteiger partial charge in [-0.3, -0.25) is 9.59 Å². The van der Waals surface area contributed by atoms with Crippen molar-refractivity contribution in [1.82, 2.24) is 9.80 Å². The van der Waals surface area contributed by atoms with Gasteiger partial charge in [0, 0.05) is 24.6 Å². The van der Waals surface area contributed by atoms with E-state index >= 15 is 0 Å². The van der Waals surface area contributed by atoms with Crippen LogP contribution in [0.4, 0.5) is 0 Å². The third-order valence-corrected chi connectivity index (χ3v) is 8.53. The predicted molar refractivity (Wildman–Crippen MR) is 116 cm³/mol. The fourth-order valence-electron chi connectivity index (χ4n) is 7.14. The van der Waals surface area contributed by atoms with Crippen molar-refractivity contribution in [3.8, 4) is 0 Å². The zero-order valence-electron chi connectivity index (χ0n) is 17.3. The Morgan fingerprint density at radius 3 is 2.24 bits per heavy atom. The average molecular weight is 459 g/mol. The Bertz CT molecular complexity index is 770. The number of carbonyl (C=O) groups excluding carboxylic acids is 2. The van der Waals surface area contributed by atoms with E-state index in [9.17, 15) is 9.59 Å². The number of benzene rings is 1. The van der Waals surface area contributed by atoms with Gasteiger partial charge in [0.1, 0.15) is 6.04 Å². The quantitative estimate of drug-likeness (QED) is 0.660. The van der Waals surface area contributed by atoms with Crippen LogP contribution in [-0.4, -0.2) is 41.2 Å². The largest absolute Gasteiger partial charge is 0.340 e. The Morgan fingerprint density at radius 1 is 1.07 bits per heavy atom. The molecule has 0 radical (unpaired) electrons. The van der Waals surface area contributed by atoms with E-state index in [2.05, 4.69) is 15.9 Å². The molecule has 0 aromatic heterocycles. The van der Waals surface area contributed by atoms with E-state index in [1.165, 1.54) is 19.3 Å². The maximum atomic E-state index is 13.8. The van der Waals surface area contributed by atoms with Crippen molar-refractivity contribution in [2.75, 3.05) is 13.6 Å². The fraction of sp³-hybridized carbons (Fsp3) is 0.667. The minimum absolute atomic E-state index is 0.100. The Hall–Kier alpha value is -1.36. The van der Waals surface area contributed by atoms with Gasteiger partial charge < -0.3 is 9.80 Å². The van der Waals surface area contributed by atoms with Gasteiger partial charge in [-0.1, -0.05) is 28.1 Å². The summed E-state index contributed by atoms with van der Waals surface area (Å²) >= 11 is 3.46. The number of nitrogens with zero attached hydrogens (tertiary/aromatic N) is 2.